The molecule has 3 N–H and O–H groups in total. The van der Waals surface area contributed by atoms with Crippen LogP contribution in [0.3, 0.4) is 0 Å². The summed E-state index contributed by atoms with van der Waals surface area (Å²) in [6.45, 7) is 4.29. The zero-order valence-corrected chi connectivity index (χ0v) is 14.5. The first-order valence-corrected chi connectivity index (χ1v) is 8.16. The number of methoxy groups -OCH3 is 1. The predicted molar refractivity (Wildman–Crippen MR) is 91.7 cm³/mol. The Kier molecular flexibility index (Phi) is 8.09. The molecule has 0 aromatic heterocycles. The van der Waals surface area contributed by atoms with E-state index in [-0.39, 0.29) is 5.91 Å². The minimum atomic E-state index is -1.83. The highest BCUT2D eigenvalue weighted by Gasteiger charge is 2.20. The van der Waals surface area contributed by atoms with Crippen LogP contribution in [0.15, 0.2) is 18.2 Å². The molecule has 0 bridgehead atoms. The molecule has 1 fully saturated rings. The average molecular weight is 337 g/mol. The van der Waals surface area contributed by atoms with Gasteiger partial charge in [-0.3, -0.25) is 4.79 Å². The standard InChI is InChI=1S/C17H25NO2.CH2O3/c1-12-5-4-6-15(9-12)18-17(19)11-14-7-8-16(20-3)10-13(14)2;2-1(3)4/h7-8,10,12,15H,4-6,9,11H2,1-3H3,(H,18,19);(H2,2,3,4). The van der Waals surface area contributed by atoms with Crippen LogP contribution in [0.25, 0.3) is 0 Å². The maximum Gasteiger partial charge on any atom is 0.503 e. The van der Waals surface area contributed by atoms with Crippen LogP contribution in [0, 0.1) is 12.8 Å². The van der Waals surface area contributed by atoms with Crippen molar-refractivity contribution in [2.75, 3.05) is 7.11 Å². The first-order valence-electron chi connectivity index (χ1n) is 8.16. The number of benzene rings is 1. The number of hydrogen-bond acceptors (Lipinski definition) is 3. The van der Waals surface area contributed by atoms with Crippen LogP contribution < -0.4 is 10.1 Å². The molecule has 1 aromatic rings. The van der Waals surface area contributed by atoms with Crippen molar-refractivity contribution < 1.29 is 24.5 Å². The molecule has 6 heteroatoms. The summed E-state index contributed by atoms with van der Waals surface area (Å²) in [5.74, 6) is 1.71. The summed E-state index contributed by atoms with van der Waals surface area (Å²) in [7, 11) is 1.66. The van der Waals surface area contributed by atoms with Gasteiger partial charge in [0.05, 0.1) is 13.5 Å². The molecule has 6 nitrogen and oxygen atoms in total. The summed E-state index contributed by atoms with van der Waals surface area (Å²) in [4.78, 5) is 20.7. The van der Waals surface area contributed by atoms with E-state index >= 15 is 0 Å². The Bertz CT molecular complexity index is 554. The highest BCUT2D eigenvalue weighted by atomic mass is 16.6. The van der Waals surface area contributed by atoms with E-state index in [4.69, 9.17) is 19.7 Å². The molecule has 0 spiro atoms. The van der Waals surface area contributed by atoms with Gasteiger partial charge in [-0.1, -0.05) is 25.8 Å². The number of aryl methyl sites for hydroxylation is 1. The summed E-state index contributed by atoms with van der Waals surface area (Å²) in [5, 5.41) is 17.1. The Morgan fingerprint density at radius 1 is 1.29 bits per heavy atom. The Labute approximate surface area is 142 Å². The van der Waals surface area contributed by atoms with Crippen molar-refractivity contribution in [1.29, 1.82) is 0 Å². The topological polar surface area (TPSA) is 95.9 Å². The third kappa shape index (κ3) is 7.35. The van der Waals surface area contributed by atoms with Gasteiger partial charge in [-0.25, -0.2) is 4.79 Å². The van der Waals surface area contributed by atoms with Crippen LogP contribution in [0.1, 0.15) is 43.7 Å². The summed E-state index contributed by atoms with van der Waals surface area (Å²) >= 11 is 0. The van der Waals surface area contributed by atoms with Crippen molar-refractivity contribution >= 4 is 12.1 Å². The highest BCUT2D eigenvalue weighted by molar-refractivity contribution is 5.79. The van der Waals surface area contributed by atoms with Gasteiger partial charge in [0.25, 0.3) is 0 Å². The molecule has 24 heavy (non-hydrogen) atoms. The zero-order chi connectivity index (χ0) is 18.1. The van der Waals surface area contributed by atoms with Crippen LogP contribution in [0.5, 0.6) is 5.75 Å². The highest BCUT2D eigenvalue weighted by Crippen LogP contribution is 2.23. The normalized spacial score (nSPS) is 19.6. The summed E-state index contributed by atoms with van der Waals surface area (Å²) < 4.78 is 5.19. The molecule has 1 amide bonds. The Hall–Kier alpha value is -2.24. The lowest BCUT2D eigenvalue weighted by atomic mass is 9.87. The predicted octanol–water partition coefficient (Wildman–Crippen LogP) is 3.46. The molecule has 1 saturated carbocycles. The monoisotopic (exact) mass is 337 g/mol. The molecule has 0 heterocycles. The second kappa shape index (κ2) is 9.80. The van der Waals surface area contributed by atoms with Gasteiger partial charge in [0.15, 0.2) is 0 Å². The van der Waals surface area contributed by atoms with Gasteiger partial charge in [-0.2, -0.15) is 0 Å². The van der Waals surface area contributed by atoms with E-state index in [1.165, 1.54) is 12.8 Å². The van der Waals surface area contributed by atoms with E-state index in [2.05, 4.69) is 12.2 Å². The van der Waals surface area contributed by atoms with Crippen LogP contribution in [0.2, 0.25) is 0 Å². The molecule has 134 valence electrons. The lowest BCUT2D eigenvalue weighted by Gasteiger charge is -2.27. The van der Waals surface area contributed by atoms with E-state index in [0.717, 1.165) is 35.6 Å². The van der Waals surface area contributed by atoms with Crippen molar-refractivity contribution in [3.05, 3.63) is 29.3 Å². The fraction of sp³-hybridized carbons (Fsp3) is 0.556. The van der Waals surface area contributed by atoms with Crippen LogP contribution in [0.4, 0.5) is 4.79 Å². The summed E-state index contributed by atoms with van der Waals surface area (Å²) in [6, 6.07) is 6.24. The molecule has 0 radical (unpaired) electrons. The number of ether oxygens (including phenoxy) is 1. The molecule has 2 unspecified atom stereocenters. The minimum Gasteiger partial charge on any atom is -0.497 e. The van der Waals surface area contributed by atoms with Crippen LogP contribution >= 0.6 is 0 Å². The largest absolute Gasteiger partial charge is 0.503 e. The summed E-state index contributed by atoms with van der Waals surface area (Å²) in [6.07, 6.45) is 3.39. The number of hydrogen-bond donors (Lipinski definition) is 3. The number of amides is 1. The maximum absolute atomic E-state index is 12.2. The molecule has 1 aliphatic carbocycles. The molecule has 1 aromatic carbocycles. The molecule has 2 rings (SSSR count). The van der Waals surface area contributed by atoms with Crippen molar-refractivity contribution in [3.63, 3.8) is 0 Å². The lowest BCUT2D eigenvalue weighted by molar-refractivity contribution is -0.121. The van der Waals surface area contributed by atoms with Crippen molar-refractivity contribution in [1.82, 2.24) is 5.32 Å². The van der Waals surface area contributed by atoms with E-state index in [1.54, 1.807) is 7.11 Å². The second-order valence-corrected chi connectivity index (χ2v) is 6.29. The summed E-state index contributed by atoms with van der Waals surface area (Å²) in [5.41, 5.74) is 2.18. The van der Waals surface area contributed by atoms with Gasteiger partial charge in [-0.05, 0) is 48.9 Å². The zero-order valence-electron chi connectivity index (χ0n) is 14.5. The average Bonchev–Trinajstić information content (AvgIpc) is 2.48. The van der Waals surface area contributed by atoms with Crippen molar-refractivity contribution in [2.24, 2.45) is 5.92 Å². The fourth-order valence-corrected chi connectivity index (χ4v) is 3.01. The molecule has 1 aliphatic rings. The van der Waals surface area contributed by atoms with Gasteiger partial charge in [0, 0.05) is 6.04 Å². The van der Waals surface area contributed by atoms with Crippen LogP contribution in [-0.2, 0) is 11.2 Å². The van der Waals surface area contributed by atoms with E-state index < -0.39 is 6.16 Å². The van der Waals surface area contributed by atoms with Crippen molar-refractivity contribution in [3.8, 4) is 5.75 Å². The van der Waals surface area contributed by atoms with E-state index in [9.17, 15) is 4.79 Å². The number of carbonyl (C=O) groups is 2. The molecule has 0 aliphatic heterocycles. The quantitative estimate of drug-likeness (QED) is 0.782. The first kappa shape index (κ1) is 19.8. The Morgan fingerprint density at radius 2 is 1.96 bits per heavy atom. The third-order valence-corrected chi connectivity index (χ3v) is 4.20. The van der Waals surface area contributed by atoms with E-state index in [0.29, 0.717) is 12.5 Å². The van der Waals surface area contributed by atoms with Gasteiger partial charge < -0.3 is 20.3 Å². The van der Waals surface area contributed by atoms with E-state index in [1.807, 2.05) is 25.1 Å². The number of nitrogens with one attached hydrogen (secondary N) is 1. The van der Waals surface area contributed by atoms with Gasteiger partial charge in [-0.15, -0.1) is 0 Å². The third-order valence-electron chi connectivity index (χ3n) is 4.20. The number of carbonyl (C=O) groups excluding carboxylic acids is 1. The first-order chi connectivity index (χ1) is 11.3. The molecule has 2 atom stereocenters. The van der Waals surface area contributed by atoms with Gasteiger partial charge in [0.2, 0.25) is 5.91 Å². The van der Waals surface area contributed by atoms with Crippen LogP contribution in [-0.4, -0.2) is 35.4 Å². The number of rotatable bonds is 4. The minimum absolute atomic E-state index is 0.136. The molecular formula is C18H27NO5. The smallest absolute Gasteiger partial charge is 0.497 e. The lowest BCUT2D eigenvalue weighted by Crippen LogP contribution is -2.38. The van der Waals surface area contributed by atoms with Gasteiger partial charge >= 0.3 is 6.16 Å². The Morgan fingerprint density at radius 3 is 2.50 bits per heavy atom. The van der Waals surface area contributed by atoms with Crippen molar-refractivity contribution in [2.45, 2.75) is 52.0 Å². The SMILES string of the molecule is COc1ccc(CC(=O)NC2CCCC(C)C2)c(C)c1.O=C(O)O. The fourth-order valence-electron chi connectivity index (χ4n) is 3.01. The maximum atomic E-state index is 12.2. The molecular weight excluding hydrogens is 310 g/mol. The second-order valence-electron chi connectivity index (χ2n) is 6.29. The number of carboxylic acid groups (broad SMARTS) is 2. The molecule has 0 saturated heterocycles. The van der Waals surface area contributed by atoms with Gasteiger partial charge in [0.1, 0.15) is 5.75 Å². The Balaban J connectivity index is 0.000000648.